The summed E-state index contributed by atoms with van der Waals surface area (Å²) in [5.41, 5.74) is 0.928. The van der Waals surface area contributed by atoms with Crippen molar-refractivity contribution in [2.24, 2.45) is 0 Å². The van der Waals surface area contributed by atoms with Crippen LogP contribution in [0.1, 0.15) is 79.6 Å². The van der Waals surface area contributed by atoms with E-state index in [2.05, 4.69) is 20.6 Å². The van der Waals surface area contributed by atoms with Gasteiger partial charge in [0.05, 0.1) is 23.8 Å². The summed E-state index contributed by atoms with van der Waals surface area (Å²) in [5.74, 6) is -6.17. The molecule has 2 fully saturated rings. The first-order valence-electron chi connectivity index (χ1n) is 19.1. The maximum atomic E-state index is 12.1. The third-order valence-corrected chi connectivity index (χ3v) is 8.48. The minimum Gasteiger partial charge on any atom is -0.463 e. The molecule has 2 aliphatic heterocycles. The number of ether oxygens (including phenoxy) is 10. The van der Waals surface area contributed by atoms with E-state index in [0.717, 1.165) is 65.1 Å². The average molecular weight is 885 g/mol. The fourth-order valence-corrected chi connectivity index (χ4v) is 6.27. The van der Waals surface area contributed by atoms with E-state index in [4.69, 9.17) is 57.0 Å². The molecule has 2 aromatic heterocycles. The van der Waals surface area contributed by atoms with E-state index < -0.39 is 122 Å². The van der Waals surface area contributed by atoms with E-state index >= 15 is 0 Å². The minimum atomic E-state index is -1.53. The zero-order valence-electron chi connectivity index (χ0n) is 35.0. The second-order valence-corrected chi connectivity index (χ2v) is 13.8. The molecule has 26 heteroatoms. The second-order valence-electron chi connectivity index (χ2n) is 13.8. The molecular weight excluding hydrogens is 836 g/mol. The molecule has 10 atom stereocenters. The molecule has 342 valence electrons. The number of carbonyl (C=O) groups excluding carboxylic acids is 8. The van der Waals surface area contributed by atoms with Crippen LogP contribution in [-0.4, -0.2) is 153 Å². The van der Waals surface area contributed by atoms with Crippen molar-refractivity contribution in [3.05, 3.63) is 23.8 Å². The lowest BCUT2D eigenvalue weighted by atomic mass is 9.98. The summed E-state index contributed by atoms with van der Waals surface area (Å²) >= 11 is 0. The summed E-state index contributed by atoms with van der Waals surface area (Å²) in [4.78, 5) is 109. The monoisotopic (exact) mass is 884 g/mol. The summed E-state index contributed by atoms with van der Waals surface area (Å²) in [6, 6.07) is 0. The number of hydrogen-bond donors (Lipinski definition) is 0. The van der Waals surface area contributed by atoms with Crippen LogP contribution >= 0.6 is 0 Å². The van der Waals surface area contributed by atoms with E-state index in [0.29, 0.717) is 37.1 Å². The number of unbranched alkanes of at least 4 members (excludes halogenated alkanes) is 1. The number of aromatic nitrogens is 6. The molecule has 4 rings (SSSR count). The first kappa shape index (κ1) is 48.2. The summed E-state index contributed by atoms with van der Waals surface area (Å²) in [6.45, 7) is 7.97. The van der Waals surface area contributed by atoms with Gasteiger partial charge in [-0.15, -0.1) is 10.2 Å². The van der Waals surface area contributed by atoms with Crippen LogP contribution in [0.25, 0.3) is 0 Å². The highest BCUT2D eigenvalue weighted by Crippen LogP contribution is 2.30. The van der Waals surface area contributed by atoms with E-state index in [1.165, 1.54) is 12.4 Å². The highest BCUT2D eigenvalue weighted by Gasteiger charge is 2.55. The molecule has 0 radical (unpaired) electrons. The molecule has 0 bridgehead atoms. The summed E-state index contributed by atoms with van der Waals surface area (Å²) in [6.07, 6.45) is -9.40. The fraction of sp³-hybridized carbons (Fsp3) is 0.667. The van der Waals surface area contributed by atoms with Gasteiger partial charge in [-0.2, -0.15) is 0 Å². The van der Waals surface area contributed by atoms with Crippen LogP contribution in [-0.2, 0) is 98.6 Å². The predicted molar refractivity (Wildman–Crippen MR) is 194 cm³/mol. The van der Waals surface area contributed by atoms with Gasteiger partial charge < -0.3 is 57.0 Å². The smallest absolute Gasteiger partial charge is 0.303 e. The van der Waals surface area contributed by atoms with Gasteiger partial charge >= 0.3 is 47.8 Å². The van der Waals surface area contributed by atoms with Crippen LogP contribution in [0, 0.1) is 0 Å². The maximum Gasteiger partial charge on any atom is 0.303 e. The van der Waals surface area contributed by atoms with Crippen LogP contribution < -0.4 is 9.68 Å². The Bertz CT molecular complexity index is 1780. The standard InChI is InChI=1S/C36H48N6O20/c1-17(43)51-15-27-29(53-19(3)45)31(55-21(5)47)33(57-23(7)49)35(59-27)61-41-13-25(37-39-41)11-9-10-12-26-14-42(40-38-26)62-36-34(58-24(8)50)32(56-22(6)48)30(54-20(4)46)28(60-36)16-52-18(2)44/h13-14,27-36H,9-12,15-16H2,1-8H3/t27-,28-,29-,30-,31+,32+,33-,34-,35+,36+/m1/s1. The quantitative estimate of drug-likeness (QED) is 0.0876. The van der Waals surface area contributed by atoms with E-state index in [1.807, 2.05) is 0 Å². The van der Waals surface area contributed by atoms with Crippen molar-refractivity contribution in [1.82, 2.24) is 30.3 Å². The van der Waals surface area contributed by atoms with Crippen molar-refractivity contribution in [3.63, 3.8) is 0 Å². The normalized spacial score (nSPS) is 25.5. The van der Waals surface area contributed by atoms with E-state index in [9.17, 15) is 38.4 Å². The average Bonchev–Trinajstić information content (AvgIpc) is 3.81. The lowest BCUT2D eigenvalue weighted by Gasteiger charge is -2.43. The zero-order chi connectivity index (χ0) is 45.7. The van der Waals surface area contributed by atoms with Crippen molar-refractivity contribution in [1.29, 1.82) is 0 Å². The highest BCUT2D eigenvalue weighted by molar-refractivity contribution is 5.70. The number of carbonyl (C=O) groups is 8. The Morgan fingerprint density at radius 2 is 0.774 bits per heavy atom. The third kappa shape index (κ3) is 14.6. The molecule has 26 nitrogen and oxygen atoms in total. The Morgan fingerprint density at radius 1 is 0.468 bits per heavy atom. The molecule has 2 aliphatic rings. The first-order valence-corrected chi connectivity index (χ1v) is 19.1. The van der Waals surface area contributed by atoms with Crippen molar-refractivity contribution in [2.75, 3.05) is 13.2 Å². The SMILES string of the molecule is CC(=O)OC[C@H]1O[C@@H](On2cc(CCCCc3cn(O[C@@H]4O[C@H](COC(C)=O)[C@@H](OC(C)=O)[C@H](OC(C)=O)[C@H]4OC(C)=O)nn3)nn2)[C@H](OC(C)=O)[C@@H](OC(C)=O)[C@@H]1OC(C)=O. The van der Waals surface area contributed by atoms with Crippen LogP contribution in [0.15, 0.2) is 12.4 Å². The van der Waals surface area contributed by atoms with Crippen LogP contribution in [0.3, 0.4) is 0 Å². The predicted octanol–water partition coefficient (Wildman–Crippen LogP) is -1.54. The van der Waals surface area contributed by atoms with Crippen molar-refractivity contribution >= 4 is 47.8 Å². The Balaban J connectivity index is 1.41. The lowest BCUT2D eigenvalue weighted by molar-refractivity contribution is -0.310. The molecule has 62 heavy (non-hydrogen) atoms. The van der Waals surface area contributed by atoms with Gasteiger partial charge in [-0.3, -0.25) is 38.4 Å². The van der Waals surface area contributed by atoms with Crippen molar-refractivity contribution in [2.45, 2.75) is 142 Å². The Hall–Kier alpha value is -6.44. The molecule has 0 saturated carbocycles. The summed E-state index contributed by atoms with van der Waals surface area (Å²) < 4.78 is 54.4. The molecule has 4 heterocycles. The molecule has 0 amide bonds. The number of esters is 8. The molecule has 2 saturated heterocycles. The summed E-state index contributed by atoms with van der Waals surface area (Å²) in [7, 11) is 0. The fourth-order valence-electron chi connectivity index (χ4n) is 6.27. The van der Waals surface area contributed by atoms with Gasteiger partial charge in [-0.05, 0) is 36.1 Å². The summed E-state index contributed by atoms with van der Waals surface area (Å²) in [5, 5.41) is 16.1. The van der Waals surface area contributed by atoms with Gasteiger partial charge in [0.1, 0.15) is 25.4 Å². The maximum absolute atomic E-state index is 12.1. The van der Waals surface area contributed by atoms with Gasteiger partial charge in [0, 0.05) is 55.4 Å². The molecule has 0 aromatic carbocycles. The topological polar surface area (TPSA) is 309 Å². The van der Waals surface area contributed by atoms with Crippen LogP contribution in [0.5, 0.6) is 0 Å². The molecule has 0 spiro atoms. The molecule has 0 N–H and O–H groups in total. The second kappa shape index (κ2) is 22.4. The Labute approximate surface area is 352 Å². The van der Waals surface area contributed by atoms with Gasteiger partial charge in [-0.25, -0.2) is 0 Å². The first-order chi connectivity index (χ1) is 29.3. The van der Waals surface area contributed by atoms with E-state index in [-0.39, 0.29) is 0 Å². The highest BCUT2D eigenvalue weighted by atomic mass is 16.8. The number of aryl methyl sites for hydroxylation is 2. The van der Waals surface area contributed by atoms with Gasteiger partial charge in [-0.1, -0.05) is 9.69 Å². The lowest BCUT2D eigenvalue weighted by Crippen LogP contribution is -2.64. The van der Waals surface area contributed by atoms with Gasteiger partial charge in [0.2, 0.25) is 12.2 Å². The molecule has 2 aromatic rings. The Kier molecular flexibility index (Phi) is 17.4. The largest absolute Gasteiger partial charge is 0.463 e. The minimum absolute atomic E-state index is 0.386. The molecule has 0 unspecified atom stereocenters. The van der Waals surface area contributed by atoms with Crippen LogP contribution in [0.2, 0.25) is 0 Å². The number of rotatable bonds is 19. The molecular formula is C36H48N6O20. The molecule has 0 aliphatic carbocycles. The Morgan fingerprint density at radius 3 is 1.08 bits per heavy atom. The third-order valence-electron chi connectivity index (χ3n) is 8.48. The van der Waals surface area contributed by atoms with Crippen LogP contribution in [0.4, 0.5) is 0 Å². The van der Waals surface area contributed by atoms with Gasteiger partial charge in [0.15, 0.2) is 24.4 Å². The van der Waals surface area contributed by atoms with E-state index in [1.54, 1.807) is 0 Å². The number of nitrogens with zero attached hydrogens (tertiary/aromatic N) is 6. The number of hydrogen-bond acceptors (Lipinski definition) is 24. The zero-order valence-corrected chi connectivity index (χ0v) is 35.0. The van der Waals surface area contributed by atoms with Crippen molar-refractivity contribution in [3.8, 4) is 0 Å². The van der Waals surface area contributed by atoms with Crippen molar-refractivity contribution < 1.29 is 95.4 Å². The van der Waals surface area contributed by atoms with Gasteiger partial charge in [0.25, 0.3) is 12.6 Å².